The molecule has 1 N–H and O–H groups in total. The second-order valence-electron chi connectivity index (χ2n) is 8.82. The Balaban J connectivity index is 2.12. The minimum absolute atomic E-state index is 0.0636. The lowest BCUT2D eigenvalue weighted by molar-refractivity contribution is -0.140. The molecule has 5 heteroatoms. The van der Waals surface area contributed by atoms with Gasteiger partial charge in [-0.15, -0.1) is 0 Å². The van der Waals surface area contributed by atoms with E-state index in [9.17, 15) is 14.0 Å². The van der Waals surface area contributed by atoms with Crippen molar-refractivity contribution >= 4 is 11.8 Å². The van der Waals surface area contributed by atoms with Crippen molar-refractivity contribution in [2.45, 2.75) is 66.0 Å². The highest BCUT2D eigenvalue weighted by molar-refractivity contribution is 5.87. The second kappa shape index (κ2) is 11.6. The van der Waals surface area contributed by atoms with Gasteiger partial charge in [-0.05, 0) is 42.4 Å². The molecule has 0 spiro atoms. The molecule has 1 atom stereocenters. The summed E-state index contributed by atoms with van der Waals surface area (Å²) < 4.78 is 14.2. The van der Waals surface area contributed by atoms with Gasteiger partial charge in [0.15, 0.2) is 0 Å². The second-order valence-corrected chi connectivity index (χ2v) is 8.82. The molecule has 0 aliphatic rings. The van der Waals surface area contributed by atoms with Crippen LogP contribution in [-0.2, 0) is 22.6 Å². The first-order valence-electron chi connectivity index (χ1n) is 11.1. The van der Waals surface area contributed by atoms with E-state index in [0.29, 0.717) is 30.4 Å². The van der Waals surface area contributed by atoms with E-state index in [1.807, 2.05) is 26.0 Å². The van der Waals surface area contributed by atoms with Crippen molar-refractivity contribution in [3.05, 3.63) is 71.0 Å². The van der Waals surface area contributed by atoms with Crippen molar-refractivity contribution in [3.63, 3.8) is 0 Å². The van der Waals surface area contributed by atoms with Crippen LogP contribution < -0.4 is 5.32 Å². The van der Waals surface area contributed by atoms with Crippen LogP contribution >= 0.6 is 0 Å². The van der Waals surface area contributed by atoms with Crippen molar-refractivity contribution in [1.29, 1.82) is 0 Å². The average molecular weight is 427 g/mol. The van der Waals surface area contributed by atoms with Crippen LogP contribution in [0, 0.1) is 11.7 Å². The highest BCUT2D eigenvalue weighted by Crippen LogP contribution is 2.18. The SMILES string of the molecule is CC(C)CNC(=O)C(C)N(Cc1ccccc1F)C(=O)CCc1ccc(C(C)C)cc1. The minimum Gasteiger partial charge on any atom is -0.354 e. The predicted octanol–water partition coefficient (Wildman–Crippen LogP) is 5.07. The maximum absolute atomic E-state index is 14.2. The van der Waals surface area contributed by atoms with Crippen LogP contribution in [0.3, 0.4) is 0 Å². The molecule has 0 fully saturated rings. The van der Waals surface area contributed by atoms with E-state index in [4.69, 9.17) is 0 Å². The van der Waals surface area contributed by atoms with E-state index in [1.54, 1.807) is 25.1 Å². The number of rotatable bonds is 10. The number of benzene rings is 2. The van der Waals surface area contributed by atoms with Crippen molar-refractivity contribution in [2.75, 3.05) is 6.54 Å². The summed E-state index contributed by atoms with van der Waals surface area (Å²) in [4.78, 5) is 27.2. The zero-order chi connectivity index (χ0) is 23.0. The van der Waals surface area contributed by atoms with Crippen LogP contribution in [0.2, 0.25) is 0 Å². The third-order valence-corrected chi connectivity index (χ3v) is 5.42. The molecular formula is C26H35FN2O2. The van der Waals surface area contributed by atoms with E-state index in [2.05, 4.69) is 31.3 Å². The van der Waals surface area contributed by atoms with Gasteiger partial charge >= 0.3 is 0 Å². The predicted molar refractivity (Wildman–Crippen MR) is 123 cm³/mol. The largest absolute Gasteiger partial charge is 0.354 e. The lowest BCUT2D eigenvalue weighted by atomic mass is 10.00. The van der Waals surface area contributed by atoms with Gasteiger partial charge in [0.25, 0.3) is 0 Å². The normalized spacial score (nSPS) is 12.1. The number of aryl methyl sites for hydroxylation is 1. The van der Waals surface area contributed by atoms with Crippen LogP contribution in [0.15, 0.2) is 48.5 Å². The highest BCUT2D eigenvalue weighted by Gasteiger charge is 2.26. The Labute approximate surface area is 185 Å². The number of hydrogen-bond donors (Lipinski definition) is 1. The Bertz CT molecular complexity index is 862. The van der Waals surface area contributed by atoms with Gasteiger partial charge in [0.1, 0.15) is 11.9 Å². The third kappa shape index (κ3) is 7.50. The lowest BCUT2D eigenvalue weighted by Gasteiger charge is -2.29. The molecule has 0 bridgehead atoms. The topological polar surface area (TPSA) is 49.4 Å². The van der Waals surface area contributed by atoms with Gasteiger partial charge < -0.3 is 10.2 Å². The fourth-order valence-electron chi connectivity index (χ4n) is 3.31. The molecule has 0 aromatic heterocycles. The Morgan fingerprint density at radius 2 is 1.61 bits per heavy atom. The van der Waals surface area contributed by atoms with Crippen molar-refractivity contribution < 1.29 is 14.0 Å². The van der Waals surface area contributed by atoms with Gasteiger partial charge in [-0.25, -0.2) is 4.39 Å². The number of amides is 2. The molecule has 0 aliphatic carbocycles. The summed E-state index contributed by atoms with van der Waals surface area (Å²) in [6.45, 7) is 10.6. The molecule has 0 radical (unpaired) electrons. The Kier molecular flexibility index (Phi) is 9.22. The number of hydrogen-bond acceptors (Lipinski definition) is 2. The van der Waals surface area contributed by atoms with Gasteiger partial charge in [-0.2, -0.15) is 0 Å². The Morgan fingerprint density at radius 1 is 0.968 bits per heavy atom. The molecule has 2 rings (SSSR count). The number of nitrogens with one attached hydrogen (secondary N) is 1. The first-order chi connectivity index (χ1) is 14.7. The minimum atomic E-state index is -0.686. The Hall–Kier alpha value is -2.69. The van der Waals surface area contributed by atoms with Gasteiger partial charge in [0.2, 0.25) is 11.8 Å². The van der Waals surface area contributed by atoms with E-state index < -0.39 is 6.04 Å². The van der Waals surface area contributed by atoms with Crippen LogP contribution in [0.1, 0.15) is 63.6 Å². The summed E-state index contributed by atoms with van der Waals surface area (Å²) >= 11 is 0. The first kappa shape index (κ1) is 24.6. The summed E-state index contributed by atoms with van der Waals surface area (Å²) in [6, 6.07) is 14.0. The Morgan fingerprint density at radius 3 is 2.19 bits per heavy atom. The zero-order valence-corrected chi connectivity index (χ0v) is 19.3. The smallest absolute Gasteiger partial charge is 0.242 e. The molecular weight excluding hydrogens is 391 g/mol. The molecule has 2 aromatic rings. The summed E-state index contributed by atoms with van der Waals surface area (Å²) in [5, 5.41) is 2.88. The fraction of sp³-hybridized carbons (Fsp3) is 0.462. The summed E-state index contributed by atoms with van der Waals surface area (Å²) in [5.41, 5.74) is 2.73. The molecule has 2 amide bonds. The first-order valence-corrected chi connectivity index (χ1v) is 11.1. The van der Waals surface area contributed by atoms with Crippen LogP contribution in [0.4, 0.5) is 4.39 Å². The standard InChI is InChI=1S/C26H35FN2O2/c1-18(2)16-28-26(31)20(5)29(17-23-8-6-7-9-24(23)27)25(30)15-12-21-10-13-22(14-11-21)19(3)4/h6-11,13-14,18-20H,12,15-17H2,1-5H3,(H,28,31). The quantitative estimate of drug-likeness (QED) is 0.577. The van der Waals surface area contributed by atoms with Crippen molar-refractivity contribution in [2.24, 2.45) is 5.92 Å². The van der Waals surface area contributed by atoms with Crippen LogP contribution in [0.5, 0.6) is 0 Å². The van der Waals surface area contributed by atoms with Crippen molar-refractivity contribution in [1.82, 2.24) is 10.2 Å². The molecule has 1 unspecified atom stereocenters. The summed E-state index contributed by atoms with van der Waals surface area (Å²) in [5.74, 6) is 0.000230. The van der Waals surface area contributed by atoms with Gasteiger partial charge in [0, 0.05) is 25.1 Å². The molecule has 2 aromatic carbocycles. The maximum Gasteiger partial charge on any atom is 0.242 e. The van der Waals surface area contributed by atoms with Gasteiger partial charge in [-0.3, -0.25) is 9.59 Å². The third-order valence-electron chi connectivity index (χ3n) is 5.42. The average Bonchev–Trinajstić information content (AvgIpc) is 2.75. The van der Waals surface area contributed by atoms with Gasteiger partial charge in [-0.1, -0.05) is 70.2 Å². The van der Waals surface area contributed by atoms with E-state index in [-0.39, 0.29) is 30.6 Å². The van der Waals surface area contributed by atoms with E-state index in [0.717, 1.165) is 5.56 Å². The van der Waals surface area contributed by atoms with E-state index >= 15 is 0 Å². The fourth-order valence-corrected chi connectivity index (χ4v) is 3.31. The summed E-state index contributed by atoms with van der Waals surface area (Å²) in [6.07, 6.45) is 0.836. The van der Waals surface area contributed by atoms with E-state index in [1.165, 1.54) is 16.5 Å². The number of carbonyl (C=O) groups is 2. The zero-order valence-electron chi connectivity index (χ0n) is 19.3. The van der Waals surface area contributed by atoms with Crippen molar-refractivity contribution in [3.8, 4) is 0 Å². The summed E-state index contributed by atoms with van der Waals surface area (Å²) in [7, 11) is 0. The van der Waals surface area contributed by atoms with Gasteiger partial charge in [0.05, 0.1) is 0 Å². The van der Waals surface area contributed by atoms with Crippen LogP contribution in [-0.4, -0.2) is 29.3 Å². The lowest BCUT2D eigenvalue weighted by Crippen LogP contribution is -2.48. The molecule has 4 nitrogen and oxygen atoms in total. The monoisotopic (exact) mass is 426 g/mol. The number of carbonyl (C=O) groups excluding carboxylic acids is 2. The number of nitrogens with zero attached hydrogens (tertiary/aromatic N) is 1. The molecule has 0 saturated heterocycles. The molecule has 0 saturated carbocycles. The maximum atomic E-state index is 14.2. The molecule has 31 heavy (non-hydrogen) atoms. The highest BCUT2D eigenvalue weighted by atomic mass is 19.1. The molecule has 0 aliphatic heterocycles. The molecule has 0 heterocycles. The molecule has 168 valence electrons. The number of halogens is 1. The van der Waals surface area contributed by atoms with Crippen LogP contribution in [0.25, 0.3) is 0 Å².